The number of carbonyl (C=O) groups excluding carboxylic acids is 2. The minimum Gasteiger partial charge on any atom is -0.463 e. The van der Waals surface area contributed by atoms with Crippen molar-refractivity contribution in [3.63, 3.8) is 0 Å². The molecule has 7 nitrogen and oxygen atoms in total. The van der Waals surface area contributed by atoms with Gasteiger partial charge in [-0.05, 0) is 18.1 Å². The van der Waals surface area contributed by atoms with Crippen LogP contribution in [0.2, 0.25) is 0 Å². The maximum absolute atomic E-state index is 12.5. The van der Waals surface area contributed by atoms with Crippen molar-refractivity contribution in [1.29, 1.82) is 0 Å². The second-order valence-electron chi connectivity index (χ2n) is 6.42. The molecule has 2 aromatic rings. The monoisotopic (exact) mass is 330 g/mol. The molecule has 3 rings (SSSR count). The van der Waals surface area contributed by atoms with Crippen molar-refractivity contribution in [1.82, 2.24) is 20.0 Å². The van der Waals surface area contributed by atoms with E-state index in [1.807, 2.05) is 18.7 Å². The van der Waals surface area contributed by atoms with Crippen LogP contribution in [0.3, 0.4) is 0 Å². The molecule has 1 saturated heterocycles. The number of piperazine rings is 1. The molecular weight excluding hydrogens is 308 g/mol. The number of hydrogen-bond acceptors (Lipinski definition) is 4. The molecule has 0 spiro atoms. The van der Waals surface area contributed by atoms with Crippen molar-refractivity contribution >= 4 is 11.8 Å². The van der Waals surface area contributed by atoms with Gasteiger partial charge in [-0.2, -0.15) is 5.10 Å². The first kappa shape index (κ1) is 16.3. The van der Waals surface area contributed by atoms with Gasteiger partial charge < -0.3 is 14.2 Å². The third-order valence-corrected chi connectivity index (χ3v) is 4.09. The Balaban J connectivity index is 1.58. The topological polar surface area (TPSA) is 82.4 Å². The Kier molecular flexibility index (Phi) is 4.69. The molecule has 0 aromatic carbocycles. The van der Waals surface area contributed by atoms with Gasteiger partial charge in [0.1, 0.15) is 5.69 Å². The molecule has 2 aromatic heterocycles. The van der Waals surface area contributed by atoms with Crippen molar-refractivity contribution < 1.29 is 14.0 Å². The number of amides is 2. The molecule has 2 amide bonds. The van der Waals surface area contributed by atoms with E-state index in [1.54, 1.807) is 29.4 Å². The Labute approximate surface area is 140 Å². The molecule has 24 heavy (non-hydrogen) atoms. The molecule has 0 saturated carbocycles. The minimum absolute atomic E-state index is 0.125. The number of furan rings is 1. The SMILES string of the molecule is CC(C)CC(=O)N1CCN(C(=O)c2cc(-c3ccco3)[nH]n2)CC1. The first-order valence-electron chi connectivity index (χ1n) is 8.21. The average Bonchev–Trinajstić information content (AvgIpc) is 3.24. The molecule has 0 bridgehead atoms. The van der Waals surface area contributed by atoms with Gasteiger partial charge in [0.25, 0.3) is 5.91 Å². The lowest BCUT2D eigenvalue weighted by atomic mass is 10.1. The molecular formula is C17H22N4O3. The number of carbonyl (C=O) groups is 2. The second-order valence-corrected chi connectivity index (χ2v) is 6.42. The normalized spacial score (nSPS) is 15.1. The number of aromatic nitrogens is 2. The van der Waals surface area contributed by atoms with Gasteiger partial charge in [-0.15, -0.1) is 0 Å². The van der Waals surface area contributed by atoms with E-state index in [4.69, 9.17) is 4.42 Å². The van der Waals surface area contributed by atoms with Crippen LogP contribution in [-0.4, -0.2) is 58.0 Å². The quantitative estimate of drug-likeness (QED) is 0.929. The van der Waals surface area contributed by atoms with E-state index in [0.717, 1.165) is 0 Å². The lowest BCUT2D eigenvalue weighted by Crippen LogP contribution is -2.50. The van der Waals surface area contributed by atoms with Crippen LogP contribution in [0.25, 0.3) is 11.5 Å². The molecule has 1 N–H and O–H groups in total. The van der Waals surface area contributed by atoms with E-state index in [-0.39, 0.29) is 11.8 Å². The van der Waals surface area contributed by atoms with Gasteiger partial charge in [0, 0.05) is 38.7 Å². The minimum atomic E-state index is -0.125. The number of aromatic amines is 1. The zero-order chi connectivity index (χ0) is 17.1. The summed E-state index contributed by atoms with van der Waals surface area (Å²) in [6, 6.07) is 5.28. The Morgan fingerprint density at radius 1 is 1.25 bits per heavy atom. The van der Waals surface area contributed by atoms with E-state index in [0.29, 0.717) is 55.7 Å². The Morgan fingerprint density at radius 2 is 1.96 bits per heavy atom. The number of H-pyrrole nitrogens is 1. The molecule has 0 radical (unpaired) electrons. The van der Waals surface area contributed by atoms with Crippen LogP contribution < -0.4 is 0 Å². The fraction of sp³-hybridized carbons (Fsp3) is 0.471. The van der Waals surface area contributed by atoms with Gasteiger partial charge in [0.05, 0.1) is 6.26 Å². The molecule has 0 aliphatic carbocycles. The van der Waals surface area contributed by atoms with Crippen molar-refractivity contribution in [3.8, 4) is 11.5 Å². The Bertz CT molecular complexity index is 697. The van der Waals surface area contributed by atoms with Gasteiger partial charge in [-0.25, -0.2) is 0 Å². The molecule has 1 fully saturated rings. The molecule has 0 unspecified atom stereocenters. The lowest BCUT2D eigenvalue weighted by molar-refractivity contribution is -0.133. The zero-order valence-electron chi connectivity index (χ0n) is 14.0. The average molecular weight is 330 g/mol. The summed E-state index contributed by atoms with van der Waals surface area (Å²) in [5, 5.41) is 6.91. The highest BCUT2D eigenvalue weighted by Gasteiger charge is 2.26. The maximum atomic E-state index is 12.5. The number of rotatable bonds is 4. The van der Waals surface area contributed by atoms with E-state index in [2.05, 4.69) is 10.2 Å². The van der Waals surface area contributed by atoms with Gasteiger partial charge in [-0.3, -0.25) is 14.7 Å². The summed E-state index contributed by atoms with van der Waals surface area (Å²) in [4.78, 5) is 28.2. The summed E-state index contributed by atoms with van der Waals surface area (Å²) in [6.07, 6.45) is 2.13. The van der Waals surface area contributed by atoms with E-state index in [1.165, 1.54) is 0 Å². The van der Waals surface area contributed by atoms with Crippen molar-refractivity contribution in [3.05, 3.63) is 30.2 Å². The van der Waals surface area contributed by atoms with Crippen LogP contribution in [0.15, 0.2) is 28.9 Å². The first-order valence-corrected chi connectivity index (χ1v) is 8.21. The summed E-state index contributed by atoms with van der Waals surface area (Å²) in [7, 11) is 0. The zero-order valence-corrected chi connectivity index (χ0v) is 14.0. The van der Waals surface area contributed by atoms with Crippen LogP contribution in [0.4, 0.5) is 0 Å². The summed E-state index contributed by atoms with van der Waals surface area (Å²) in [6.45, 7) is 6.29. The highest BCUT2D eigenvalue weighted by Crippen LogP contribution is 2.19. The predicted octanol–water partition coefficient (Wildman–Crippen LogP) is 2.00. The maximum Gasteiger partial charge on any atom is 0.274 e. The van der Waals surface area contributed by atoms with E-state index >= 15 is 0 Å². The largest absolute Gasteiger partial charge is 0.463 e. The molecule has 7 heteroatoms. The fourth-order valence-electron chi connectivity index (χ4n) is 2.79. The Hall–Kier alpha value is -2.57. The third kappa shape index (κ3) is 3.50. The Morgan fingerprint density at radius 3 is 2.58 bits per heavy atom. The van der Waals surface area contributed by atoms with Crippen molar-refractivity contribution in [2.45, 2.75) is 20.3 Å². The van der Waals surface area contributed by atoms with E-state index < -0.39 is 0 Å². The van der Waals surface area contributed by atoms with Crippen LogP contribution in [0.5, 0.6) is 0 Å². The second kappa shape index (κ2) is 6.90. The standard InChI is InChI=1S/C17H22N4O3/c1-12(2)10-16(22)20-5-7-21(8-6-20)17(23)14-11-13(18-19-14)15-4-3-9-24-15/h3-4,9,11-12H,5-8,10H2,1-2H3,(H,18,19). The van der Waals surface area contributed by atoms with Gasteiger partial charge in [0.2, 0.25) is 5.91 Å². The van der Waals surface area contributed by atoms with E-state index in [9.17, 15) is 9.59 Å². The number of nitrogens with zero attached hydrogens (tertiary/aromatic N) is 3. The third-order valence-electron chi connectivity index (χ3n) is 4.09. The highest BCUT2D eigenvalue weighted by atomic mass is 16.3. The summed E-state index contributed by atoms with van der Waals surface area (Å²) >= 11 is 0. The predicted molar refractivity (Wildman–Crippen MR) is 88.2 cm³/mol. The summed E-state index contributed by atoms with van der Waals surface area (Å²) < 4.78 is 5.29. The van der Waals surface area contributed by atoms with Crippen molar-refractivity contribution in [2.24, 2.45) is 5.92 Å². The molecule has 1 aliphatic heterocycles. The lowest BCUT2D eigenvalue weighted by Gasteiger charge is -2.34. The fourth-order valence-corrected chi connectivity index (χ4v) is 2.79. The first-order chi connectivity index (χ1) is 11.5. The summed E-state index contributed by atoms with van der Waals surface area (Å²) in [5.41, 5.74) is 1.04. The molecule has 3 heterocycles. The van der Waals surface area contributed by atoms with Crippen LogP contribution >= 0.6 is 0 Å². The van der Waals surface area contributed by atoms with Crippen LogP contribution in [0.1, 0.15) is 30.8 Å². The van der Waals surface area contributed by atoms with Crippen LogP contribution in [-0.2, 0) is 4.79 Å². The molecule has 0 atom stereocenters. The van der Waals surface area contributed by atoms with Crippen molar-refractivity contribution in [2.75, 3.05) is 26.2 Å². The molecule has 128 valence electrons. The highest BCUT2D eigenvalue weighted by molar-refractivity contribution is 5.93. The van der Waals surface area contributed by atoms with Gasteiger partial charge in [0.15, 0.2) is 11.5 Å². The smallest absolute Gasteiger partial charge is 0.274 e. The number of nitrogens with one attached hydrogen (secondary N) is 1. The summed E-state index contributed by atoms with van der Waals surface area (Å²) in [5.74, 6) is 1.03. The van der Waals surface area contributed by atoms with Gasteiger partial charge in [-0.1, -0.05) is 13.8 Å². The molecule has 1 aliphatic rings. The number of hydrogen-bond donors (Lipinski definition) is 1. The van der Waals surface area contributed by atoms with Crippen LogP contribution in [0, 0.1) is 5.92 Å². The van der Waals surface area contributed by atoms with Gasteiger partial charge >= 0.3 is 0 Å².